The van der Waals surface area contributed by atoms with E-state index < -0.39 is 0 Å². The molecule has 2 heterocycles. The van der Waals surface area contributed by atoms with Gasteiger partial charge in [0, 0.05) is 24.2 Å². The van der Waals surface area contributed by atoms with Crippen molar-refractivity contribution in [3.05, 3.63) is 11.4 Å². The molecule has 2 rings (SSSR count). The van der Waals surface area contributed by atoms with Crippen LogP contribution in [-0.4, -0.2) is 40.5 Å². The van der Waals surface area contributed by atoms with Crippen LogP contribution in [0.25, 0.3) is 0 Å². The second-order valence-electron chi connectivity index (χ2n) is 5.32. The smallest absolute Gasteiger partial charge is 0.134 e. The number of nitrogens with zero attached hydrogens (tertiary/aromatic N) is 3. The van der Waals surface area contributed by atoms with E-state index in [-0.39, 0.29) is 0 Å². The van der Waals surface area contributed by atoms with Crippen molar-refractivity contribution in [3.63, 3.8) is 0 Å². The Labute approximate surface area is 109 Å². The summed E-state index contributed by atoms with van der Waals surface area (Å²) in [5.74, 6) is 2.19. The zero-order chi connectivity index (χ0) is 13.3. The lowest BCUT2D eigenvalue weighted by Gasteiger charge is -2.35. The number of hydrogen-bond acceptors (Lipinski definition) is 5. The predicted octanol–water partition coefficient (Wildman–Crippen LogP) is 1.57. The minimum absolute atomic E-state index is 0.476. The van der Waals surface area contributed by atoms with Gasteiger partial charge in [-0.05, 0) is 40.7 Å². The molecule has 100 valence electrons. The van der Waals surface area contributed by atoms with Crippen molar-refractivity contribution in [1.29, 1.82) is 0 Å². The Balaban J connectivity index is 2.10. The van der Waals surface area contributed by atoms with E-state index in [1.54, 1.807) is 0 Å². The van der Waals surface area contributed by atoms with Gasteiger partial charge in [0.15, 0.2) is 0 Å². The van der Waals surface area contributed by atoms with Gasteiger partial charge in [0.2, 0.25) is 0 Å². The van der Waals surface area contributed by atoms with Gasteiger partial charge in [0.25, 0.3) is 0 Å². The summed E-state index contributed by atoms with van der Waals surface area (Å²) in [5, 5.41) is 3.52. The predicted molar refractivity (Wildman–Crippen MR) is 74.7 cm³/mol. The van der Waals surface area contributed by atoms with Crippen LogP contribution in [0.5, 0.6) is 0 Å². The van der Waals surface area contributed by atoms with Crippen molar-refractivity contribution in [2.24, 2.45) is 0 Å². The molecule has 1 fully saturated rings. The van der Waals surface area contributed by atoms with Crippen molar-refractivity contribution in [3.8, 4) is 0 Å². The minimum Gasteiger partial charge on any atom is -0.383 e. The van der Waals surface area contributed by atoms with Crippen LogP contribution in [0.1, 0.15) is 31.2 Å². The summed E-state index contributed by atoms with van der Waals surface area (Å²) in [6, 6.07) is 1.08. The summed E-state index contributed by atoms with van der Waals surface area (Å²) in [7, 11) is 2.18. The molecule has 0 radical (unpaired) electrons. The average molecular weight is 249 g/mol. The molecular weight excluding hydrogens is 226 g/mol. The first-order chi connectivity index (χ1) is 8.47. The minimum atomic E-state index is 0.476. The lowest BCUT2D eigenvalue weighted by Crippen LogP contribution is -2.42. The summed E-state index contributed by atoms with van der Waals surface area (Å²) in [6.45, 7) is 7.23. The van der Waals surface area contributed by atoms with Crippen molar-refractivity contribution >= 4 is 11.6 Å². The molecule has 5 nitrogen and oxygen atoms in total. The molecule has 0 amide bonds. The van der Waals surface area contributed by atoms with Crippen molar-refractivity contribution < 1.29 is 0 Å². The normalized spacial score (nSPS) is 25.1. The third-order valence-electron chi connectivity index (χ3n) is 3.84. The van der Waals surface area contributed by atoms with Crippen LogP contribution in [0, 0.1) is 13.8 Å². The molecule has 5 heteroatoms. The fourth-order valence-corrected chi connectivity index (χ4v) is 2.40. The van der Waals surface area contributed by atoms with E-state index >= 15 is 0 Å². The Kier molecular flexibility index (Phi) is 3.71. The molecule has 2 atom stereocenters. The number of aryl methyl sites for hydroxylation is 1. The third kappa shape index (κ3) is 2.72. The molecule has 1 aliphatic rings. The Morgan fingerprint density at radius 1 is 1.33 bits per heavy atom. The SMILES string of the molecule is Cc1nc(N)c(C)c(NC2CCN(C)C(C)C2)n1. The van der Waals surface area contributed by atoms with Gasteiger partial charge in [0.05, 0.1) is 0 Å². The highest BCUT2D eigenvalue weighted by Gasteiger charge is 2.23. The van der Waals surface area contributed by atoms with Gasteiger partial charge in [-0.1, -0.05) is 0 Å². The second kappa shape index (κ2) is 5.10. The Morgan fingerprint density at radius 3 is 2.72 bits per heavy atom. The topological polar surface area (TPSA) is 67.1 Å². The Bertz CT molecular complexity index is 432. The molecular formula is C13H23N5. The zero-order valence-electron chi connectivity index (χ0n) is 11.7. The van der Waals surface area contributed by atoms with Crippen molar-refractivity contribution in [2.45, 2.75) is 45.7 Å². The van der Waals surface area contributed by atoms with Crippen LogP contribution >= 0.6 is 0 Å². The number of aromatic nitrogens is 2. The average Bonchev–Trinajstić information content (AvgIpc) is 2.30. The maximum absolute atomic E-state index is 5.88. The van der Waals surface area contributed by atoms with Gasteiger partial charge in [0.1, 0.15) is 17.5 Å². The monoisotopic (exact) mass is 249 g/mol. The maximum Gasteiger partial charge on any atom is 0.134 e. The summed E-state index contributed by atoms with van der Waals surface area (Å²) in [5.41, 5.74) is 6.83. The van der Waals surface area contributed by atoms with Gasteiger partial charge < -0.3 is 16.0 Å². The number of nitrogens with one attached hydrogen (secondary N) is 1. The fourth-order valence-electron chi connectivity index (χ4n) is 2.40. The zero-order valence-corrected chi connectivity index (χ0v) is 11.7. The maximum atomic E-state index is 5.88. The van der Waals surface area contributed by atoms with E-state index in [1.807, 2.05) is 13.8 Å². The summed E-state index contributed by atoms with van der Waals surface area (Å²) in [6.07, 6.45) is 2.28. The van der Waals surface area contributed by atoms with E-state index in [1.165, 1.54) is 0 Å². The summed E-state index contributed by atoms with van der Waals surface area (Å²) < 4.78 is 0. The quantitative estimate of drug-likeness (QED) is 0.833. The lowest BCUT2D eigenvalue weighted by atomic mass is 9.99. The number of hydrogen-bond donors (Lipinski definition) is 2. The Hall–Kier alpha value is -1.36. The molecule has 18 heavy (non-hydrogen) atoms. The molecule has 1 aromatic heterocycles. The van der Waals surface area contributed by atoms with Crippen LogP contribution in [0.15, 0.2) is 0 Å². The van der Waals surface area contributed by atoms with Gasteiger partial charge in [-0.15, -0.1) is 0 Å². The van der Waals surface area contributed by atoms with E-state index in [2.05, 4.69) is 34.2 Å². The van der Waals surface area contributed by atoms with Gasteiger partial charge in [-0.2, -0.15) is 0 Å². The third-order valence-corrected chi connectivity index (χ3v) is 3.84. The summed E-state index contributed by atoms with van der Waals surface area (Å²) >= 11 is 0. The first kappa shape index (κ1) is 13.1. The largest absolute Gasteiger partial charge is 0.383 e. The Morgan fingerprint density at radius 2 is 2.06 bits per heavy atom. The molecule has 0 aromatic carbocycles. The van der Waals surface area contributed by atoms with Crippen LogP contribution in [0.4, 0.5) is 11.6 Å². The number of piperidine rings is 1. The standard InChI is InChI=1S/C13H23N5/c1-8-7-11(5-6-18(8)4)17-13-9(2)12(14)15-10(3)16-13/h8,11H,5-7H2,1-4H3,(H3,14,15,16,17). The molecule has 1 saturated heterocycles. The van der Waals surface area contributed by atoms with E-state index in [9.17, 15) is 0 Å². The number of likely N-dealkylation sites (tertiary alicyclic amines) is 1. The second-order valence-corrected chi connectivity index (χ2v) is 5.32. The molecule has 2 unspecified atom stereocenters. The molecule has 0 bridgehead atoms. The molecule has 0 spiro atoms. The highest BCUT2D eigenvalue weighted by Crippen LogP contribution is 2.22. The van der Waals surface area contributed by atoms with E-state index in [0.29, 0.717) is 17.9 Å². The van der Waals surface area contributed by atoms with Gasteiger partial charge >= 0.3 is 0 Å². The first-order valence-corrected chi connectivity index (χ1v) is 6.55. The van der Waals surface area contributed by atoms with Crippen LogP contribution in [0.3, 0.4) is 0 Å². The van der Waals surface area contributed by atoms with E-state index in [0.717, 1.165) is 36.6 Å². The van der Waals surface area contributed by atoms with Gasteiger partial charge in [-0.3, -0.25) is 0 Å². The van der Waals surface area contributed by atoms with Crippen LogP contribution in [-0.2, 0) is 0 Å². The van der Waals surface area contributed by atoms with Crippen LogP contribution in [0.2, 0.25) is 0 Å². The lowest BCUT2D eigenvalue weighted by molar-refractivity contribution is 0.190. The number of rotatable bonds is 2. The first-order valence-electron chi connectivity index (χ1n) is 6.55. The van der Waals surface area contributed by atoms with Crippen molar-refractivity contribution in [2.75, 3.05) is 24.6 Å². The van der Waals surface area contributed by atoms with Gasteiger partial charge in [-0.25, -0.2) is 9.97 Å². The highest BCUT2D eigenvalue weighted by molar-refractivity contribution is 5.55. The van der Waals surface area contributed by atoms with Crippen LogP contribution < -0.4 is 11.1 Å². The summed E-state index contributed by atoms with van der Waals surface area (Å²) in [4.78, 5) is 11.0. The van der Waals surface area contributed by atoms with E-state index in [4.69, 9.17) is 5.73 Å². The number of nitrogen functional groups attached to an aromatic ring is 1. The molecule has 1 aromatic rings. The molecule has 3 N–H and O–H groups in total. The number of anilines is 2. The fraction of sp³-hybridized carbons (Fsp3) is 0.692. The highest BCUT2D eigenvalue weighted by atomic mass is 15.2. The molecule has 0 saturated carbocycles. The molecule has 0 aliphatic carbocycles. The van der Waals surface area contributed by atoms with Crippen molar-refractivity contribution in [1.82, 2.24) is 14.9 Å². The molecule has 1 aliphatic heterocycles. The number of nitrogens with two attached hydrogens (primary N) is 1.